The third kappa shape index (κ3) is 4.44. The minimum atomic E-state index is -0.0824. The largest absolute Gasteiger partial charge is 0.396 e. The highest BCUT2D eigenvalue weighted by molar-refractivity contribution is 4.83. The predicted octanol–water partition coefficient (Wildman–Crippen LogP) is 2.27. The first kappa shape index (κ1) is 15.3. The topological polar surface area (TPSA) is 43.7 Å². The van der Waals surface area contributed by atoms with Crippen LogP contribution in [-0.2, 0) is 0 Å². The molecule has 0 radical (unpaired) electrons. The van der Waals surface area contributed by atoms with Gasteiger partial charge in [-0.25, -0.2) is 0 Å². The van der Waals surface area contributed by atoms with Gasteiger partial charge in [0.05, 0.1) is 6.10 Å². The van der Waals surface area contributed by atoms with Crippen molar-refractivity contribution in [3.63, 3.8) is 0 Å². The minimum absolute atomic E-state index is 0.0824. The minimum Gasteiger partial charge on any atom is -0.396 e. The van der Waals surface area contributed by atoms with Gasteiger partial charge in [-0.2, -0.15) is 0 Å². The molecule has 0 bridgehead atoms. The van der Waals surface area contributed by atoms with Gasteiger partial charge in [0.25, 0.3) is 0 Å². The maximum atomic E-state index is 10.2. The van der Waals surface area contributed by atoms with Crippen LogP contribution in [0.1, 0.15) is 51.9 Å². The van der Waals surface area contributed by atoms with Crippen molar-refractivity contribution in [2.45, 2.75) is 58.0 Å². The van der Waals surface area contributed by atoms with Gasteiger partial charge >= 0.3 is 0 Å². The number of hydrogen-bond acceptors (Lipinski definition) is 3. The summed E-state index contributed by atoms with van der Waals surface area (Å²) in [6.45, 7) is 5.97. The molecule has 112 valence electrons. The summed E-state index contributed by atoms with van der Waals surface area (Å²) in [4.78, 5) is 2.54. The van der Waals surface area contributed by atoms with Crippen LogP contribution >= 0.6 is 0 Å². The van der Waals surface area contributed by atoms with Crippen LogP contribution < -0.4 is 0 Å². The van der Waals surface area contributed by atoms with E-state index in [4.69, 9.17) is 5.11 Å². The number of piperidine rings is 1. The number of aliphatic hydroxyl groups is 2. The zero-order valence-corrected chi connectivity index (χ0v) is 12.4. The molecule has 3 nitrogen and oxygen atoms in total. The highest BCUT2D eigenvalue weighted by Crippen LogP contribution is 2.32. The van der Waals surface area contributed by atoms with E-state index in [-0.39, 0.29) is 6.10 Å². The molecule has 2 fully saturated rings. The monoisotopic (exact) mass is 269 g/mol. The molecule has 0 spiro atoms. The lowest BCUT2D eigenvalue weighted by atomic mass is 9.78. The molecule has 4 unspecified atom stereocenters. The molecule has 1 heterocycles. The van der Waals surface area contributed by atoms with E-state index in [2.05, 4.69) is 11.8 Å². The predicted molar refractivity (Wildman–Crippen MR) is 78.0 cm³/mol. The zero-order valence-electron chi connectivity index (χ0n) is 12.4. The van der Waals surface area contributed by atoms with Gasteiger partial charge in [0, 0.05) is 19.7 Å². The lowest BCUT2D eigenvalue weighted by Gasteiger charge is -2.39. The number of likely N-dealkylation sites (tertiary alicyclic amines) is 1. The summed E-state index contributed by atoms with van der Waals surface area (Å²) in [5.74, 6) is 1.97. The maximum Gasteiger partial charge on any atom is 0.0580 e. The van der Waals surface area contributed by atoms with Gasteiger partial charge < -0.3 is 15.1 Å². The van der Waals surface area contributed by atoms with E-state index in [1.807, 2.05) is 0 Å². The van der Waals surface area contributed by atoms with E-state index in [1.165, 1.54) is 38.6 Å². The highest BCUT2D eigenvalue weighted by Gasteiger charge is 2.31. The number of hydrogen-bond donors (Lipinski definition) is 2. The number of rotatable bonds is 5. The first-order valence-corrected chi connectivity index (χ1v) is 8.24. The third-order valence-corrected chi connectivity index (χ3v) is 5.26. The van der Waals surface area contributed by atoms with Crippen molar-refractivity contribution < 1.29 is 10.2 Å². The fourth-order valence-corrected chi connectivity index (χ4v) is 3.98. The van der Waals surface area contributed by atoms with Crippen molar-refractivity contribution >= 4 is 0 Å². The van der Waals surface area contributed by atoms with Crippen molar-refractivity contribution in [2.24, 2.45) is 17.8 Å². The summed E-state index contributed by atoms with van der Waals surface area (Å²) in [5, 5.41) is 19.3. The fraction of sp³-hybridized carbons (Fsp3) is 1.00. The third-order valence-electron chi connectivity index (χ3n) is 5.26. The zero-order chi connectivity index (χ0) is 13.7. The van der Waals surface area contributed by atoms with Gasteiger partial charge in [0.15, 0.2) is 0 Å². The molecule has 0 aromatic heterocycles. The fourth-order valence-electron chi connectivity index (χ4n) is 3.98. The SMILES string of the molecule is CCC1CCC(O)C(CN2CCCC(CCO)C2)C1. The average molecular weight is 269 g/mol. The normalized spacial score (nSPS) is 37.4. The summed E-state index contributed by atoms with van der Waals surface area (Å²) in [6, 6.07) is 0. The lowest BCUT2D eigenvalue weighted by Crippen LogP contribution is -2.43. The van der Waals surface area contributed by atoms with Gasteiger partial charge in [-0.1, -0.05) is 13.3 Å². The van der Waals surface area contributed by atoms with Crippen LogP contribution in [-0.4, -0.2) is 47.5 Å². The van der Waals surface area contributed by atoms with E-state index in [1.54, 1.807) is 0 Å². The second-order valence-electron chi connectivity index (χ2n) is 6.69. The second-order valence-corrected chi connectivity index (χ2v) is 6.69. The van der Waals surface area contributed by atoms with Crippen molar-refractivity contribution in [3.05, 3.63) is 0 Å². The summed E-state index contributed by atoms with van der Waals surface area (Å²) in [5.41, 5.74) is 0. The number of nitrogens with zero attached hydrogens (tertiary/aromatic N) is 1. The van der Waals surface area contributed by atoms with Crippen molar-refractivity contribution in [2.75, 3.05) is 26.2 Å². The van der Waals surface area contributed by atoms with Crippen LogP contribution in [0.2, 0.25) is 0 Å². The van der Waals surface area contributed by atoms with Crippen LogP contribution in [0.5, 0.6) is 0 Å². The Balaban J connectivity index is 1.81. The summed E-state index contributed by atoms with van der Waals surface area (Å²) in [6.07, 6.45) is 8.06. The standard InChI is InChI=1S/C16H31NO2/c1-2-13-5-6-16(19)15(10-13)12-17-8-3-4-14(11-17)7-9-18/h13-16,18-19H,2-12H2,1H3. The summed E-state index contributed by atoms with van der Waals surface area (Å²) < 4.78 is 0. The van der Waals surface area contributed by atoms with Gasteiger partial charge in [-0.3, -0.25) is 0 Å². The molecule has 0 aromatic carbocycles. The first-order chi connectivity index (χ1) is 9.22. The van der Waals surface area contributed by atoms with Gasteiger partial charge in [-0.15, -0.1) is 0 Å². The molecule has 4 atom stereocenters. The van der Waals surface area contributed by atoms with Gasteiger partial charge in [0.2, 0.25) is 0 Å². The summed E-state index contributed by atoms with van der Waals surface area (Å²) >= 11 is 0. The van der Waals surface area contributed by atoms with Crippen LogP contribution in [0.3, 0.4) is 0 Å². The maximum absolute atomic E-state index is 10.2. The Labute approximate surface area is 118 Å². The molecule has 2 rings (SSSR count). The Kier molecular flexibility index (Phi) is 6.11. The summed E-state index contributed by atoms with van der Waals surface area (Å²) in [7, 11) is 0. The van der Waals surface area contributed by atoms with Crippen LogP contribution in [0, 0.1) is 17.8 Å². The molecule has 0 amide bonds. The Morgan fingerprint density at radius 3 is 2.74 bits per heavy atom. The Morgan fingerprint density at radius 1 is 1.16 bits per heavy atom. The quantitative estimate of drug-likeness (QED) is 0.804. The Bertz CT molecular complexity index is 257. The van der Waals surface area contributed by atoms with Crippen molar-refractivity contribution in [1.29, 1.82) is 0 Å². The van der Waals surface area contributed by atoms with E-state index in [9.17, 15) is 5.11 Å². The van der Waals surface area contributed by atoms with Gasteiger partial charge in [0.1, 0.15) is 0 Å². The molecule has 0 aromatic rings. The van der Waals surface area contributed by atoms with Crippen LogP contribution in [0.25, 0.3) is 0 Å². The average Bonchev–Trinajstić information content (AvgIpc) is 2.42. The molecular weight excluding hydrogens is 238 g/mol. The molecule has 19 heavy (non-hydrogen) atoms. The molecule has 1 aliphatic heterocycles. The molecular formula is C16H31NO2. The first-order valence-electron chi connectivity index (χ1n) is 8.24. The van der Waals surface area contributed by atoms with E-state index in [0.717, 1.165) is 31.8 Å². The highest BCUT2D eigenvalue weighted by atomic mass is 16.3. The molecule has 2 N–H and O–H groups in total. The Hall–Kier alpha value is -0.120. The molecule has 1 aliphatic carbocycles. The van der Waals surface area contributed by atoms with Crippen molar-refractivity contribution in [1.82, 2.24) is 4.90 Å². The Morgan fingerprint density at radius 2 is 2.00 bits per heavy atom. The molecule has 1 saturated heterocycles. The van der Waals surface area contributed by atoms with E-state index in [0.29, 0.717) is 18.4 Å². The van der Waals surface area contributed by atoms with Crippen LogP contribution in [0.15, 0.2) is 0 Å². The van der Waals surface area contributed by atoms with Crippen molar-refractivity contribution in [3.8, 4) is 0 Å². The smallest absolute Gasteiger partial charge is 0.0580 e. The number of aliphatic hydroxyl groups excluding tert-OH is 2. The molecule has 1 saturated carbocycles. The molecule has 3 heteroatoms. The van der Waals surface area contributed by atoms with Gasteiger partial charge in [-0.05, 0) is 62.8 Å². The molecule has 2 aliphatic rings. The van der Waals surface area contributed by atoms with E-state index < -0.39 is 0 Å². The van der Waals surface area contributed by atoms with Crippen LogP contribution in [0.4, 0.5) is 0 Å². The lowest BCUT2D eigenvalue weighted by molar-refractivity contribution is 0.0171. The van der Waals surface area contributed by atoms with E-state index >= 15 is 0 Å². The second kappa shape index (κ2) is 7.61.